The van der Waals surface area contributed by atoms with Gasteiger partial charge >= 0.3 is 0 Å². The van der Waals surface area contributed by atoms with Crippen molar-refractivity contribution in [2.45, 2.75) is 13.0 Å². The molecule has 5 heteroatoms. The minimum absolute atomic E-state index is 0.316. The highest BCUT2D eigenvalue weighted by Crippen LogP contribution is 2.33. The highest BCUT2D eigenvalue weighted by molar-refractivity contribution is 14.1. The van der Waals surface area contributed by atoms with Crippen molar-refractivity contribution < 1.29 is 9.13 Å². The van der Waals surface area contributed by atoms with E-state index in [4.69, 9.17) is 10.6 Å². The van der Waals surface area contributed by atoms with Crippen molar-refractivity contribution in [2.24, 2.45) is 5.84 Å². The predicted octanol–water partition coefficient (Wildman–Crippen LogP) is 3.30. The van der Waals surface area contributed by atoms with Crippen LogP contribution in [-0.2, 0) is 0 Å². The molecule has 0 heterocycles. The summed E-state index contributed by atoms with van der Waals surface area (Å²) in [5.74, 6) is 5.99. The van der Waals surface area contributed by atoms with Crippen LogP contribution in [0, 0.1) is 16.3 Å². The molecule has 0 radical (unpaired) electrons. The zero-order valence-corrected chi connectivity index (χ0v) is 13.4. The molecule has 0 saturated heterocycles. The van der Waals surface area contributed by atoms with E-state index in [0.29, 0.717) is 11.3 Å². The average molecular weight is 386 g/mol. The molecule has 2 rings (SSSR count). The van der Waals surface area contributed by atoms with E-state index in [1.54, 1.807) is 13.2 Å². The molecule has 3 nitrogen and oxygen atoms in total. The fourth-order valence-corrected chi connectivity index (χ4v) is 2.84. The van der Waals surface area contributed by atoms with Gasteiger partial charge < -0.3 is 4.74 Å². The Morgan fingerprint density at radius 2 is 2.00 bits per heavy atom. The number of methoxy groups -OCH3 is 1. The molecule has 20 heavy (non-hydrogen) atoms. The van der Waals surface area contributed by atoms with Gasteiger partial charge in [-0.1, -0.05) is 18.2 Å². The molecule has 0 amide bonds. The van der Waals surface area contributed by atoms with E-state index >= 15 is 0 Å². The summed E-state index contributed by atoms with van der Waals surface area (Å²) in [7, 11) is 1.56. The molecular formula is C15H16FIN2O. The summed E-state index contributed by atoms with van der Waals surface area (Å²) in [6.07, 6.45) is 0. The Morgan fingerprint density at radius 1 is 1.25 bits per heavy atom. The molecule has 1 unspecified atom stereocenters. The summed E-state index contributed by atoms with van der Waals surface area (Å²) in [4.78, 5) is 0. The van der Waals surface area contributed by atoms with Crippen LogP contribution in [0.2, 0.25) is 0 Å². The van der Waals surface area contributed by atoms with Crippen LogP contribution < -0.4 is 16.0 Å². The second-order valence-corrected chi connectivity index (χ2v) is 5.54. The number of hydrogen-bond donors (Lipinski definition) is 2. The van der Waals surface area contributed by atoms with Gasteiger partial charge in [0.05, 0.1) is 13.2 Å². The number of aryl methyl sites for hydroxylation is 1. The van der Waals surface area contributed by atoms with Crippen molar-refractivity contribution in [1.29, 1.82) is 0 Å². The van der Waals surface area contributed by atoms with E-state index in [2.05, 4.69) is 28.0 Å². The van der Waals surface area contributed by atoms with Crippen LogP contribution in [0.15, 0.2) is 36.4 Å². The zero-order valence-electron chi connectivity index (χ0n) is 11.3. The number of rotatable bonds is 4. The van der Waals surface area contributed by atoms with Crippen LogP contribution in [0.1, 0.15) is 22.7 Å². The third-order valence-corrected chi connectivity index (χ3v) is 4.68. The highest BCUT2D eigenvalue weighted by Gasteiger charge is 2.20. The van der Waals surface area contributed by atoms with Crippen LogP contribution in [0.4, 0.5) is 4.39 Å². The van der Waals surface area contributed by atoms with Gasteiger partial charge in [0.25, 0.3) is 0 Å². The maximum absolute atomic E-state index is 13.5. The highest BCUT2D eigenvalue weighted by atomic mass is 127. The van der Waals surface area contributed by atoms with Crippen molar-refractivity contribution in [1.82, 2.24) is 5.43 Å². The van der Waals surface area contributed by atoms with Gasteiger partial charge in [-0.25, -0.2) is 9.82 Å². The first-order chi connectivity index (χ1) is 9.58. The summed E-state index contributed by atoms with van der Waals surface area (Å²) >= 11 is 2.27. The Hall–Kier alpha value is -1.18. The van der Waals surface area contributed by atoms with Gasteiger partial charge in [0.2, 0.25) is 0 Å². The van der Waals surface area contributed by atoms with E-state index in [1.807, 2.05) is 25.1 Å². The van der Waals surface area contributed by atoms with Gasteiger partial charge in [-0.05, 0) is 58.8 Å². The van der Waals surface area contributed by atoms with Crippen LogP contribution in [0.5, 0.6) is 5.75 Å². The first-order valence-electron chi connectivity index (χ1n) is 6.13. The smallest absolute Gasteiger partial charge is 0.124 e. The molecule has 2 aromatic carbocycles. The van der Waals surface area contributed by atoms with Gasteiger partial charge in [-0.2, -0.15) is 0 Å². The minimum Gasteiger partial charge on any atom is -0.496 e. The second-order valence-electron chi connectivity index (χ2n) is 4.46. The standard InChI is InChI=1S/C15H16FIN2O/c1-9-4-3-5-11(14(9)17)15(19-18)12-8-10(16)6-7-13(12)20-2/h3-8,15,19H,18H2,1-2H3. The van der Waals surface area contributed by atoms with Crippen LogP contribution >= 0.6 is 22.6 Å². The number of halogens is 2. The lowest BCUT2D eigenvalue weighted by atomic mass is 9.97. The molecule has 1 atom stereocenters. The molecule has 2 aromatic rings. The number of ether oxygens (including phenoxy) is 1. The number of hydrazine groups is 1. The predicted molar refractivity (Wildman–Crippen MR) is 86.0 cm³/mol. The summed E-state index contributed by atoms with van der Waals surface area (Å²) in [6.45, 7) is 2.03. The summed E-state index contributed by atoms with van der Waals surface area (Å²) in [5.41, 5.74) is 5.58. The summed E-state index contributed by atoms with van der Waals surface area (Å²) in [5, 5.41) is 0. The van der Waals surface area contributed by atoms with Crippen molar-refractivity contribution in [2.75, 3.05) is 7.11 Å². The lowest BCUT2D eigenvalue weighted by Crippen LogP contribution is -2.30. The Balaban J connectivity index is 2.58. The van der Waals surface area contributed by atoms with Crippen LogP contribution in [0.25, 0.3) is 0 Å². The van der Waals surface area contributed by atoms with Crippen LogP contribution in [0.3, 0.4) is 0 Å². The lowest BCUT2D eigenvalue weighted by molar-refractivity contribution is 0.402. The lowest BCUT2D eigenvalue weighted by Gasteiger charge is -2.21. The molecule has 0 aliphatic carbocycles. The molecule has 3 N–H and O–H groups in total. The van der Waals surface area contributed by atoms with Crippen molar-refractivity contribution in [3.05, 3.63) is 62.5 Å². The van der Waals surface area contributed by atoms with Gasteiger partial charge in [0, 0.05) is 9.13 Å². The largest absolute Gasteiger partial charge is 0.496 e. The van der Waals surface area contributed by atoms with Gasteiger partial charge in [0.1, 0.15) is 11.6 Å². The van der Waals surface area contributed by atoms with Gasteiger partial charge in [-0.15, -0.1) is 0 Å². The quantitative estimate of drug-likeness (QED) is 0.482. The third-order valence-electron chi connectivity index (χ3n) is 3.20. The molecular weight excluding hydrogens is 370 g/mol. The van der Waals surface area contributed by atoms with Crippen molar-refractivity contribution in [3.63, 3.8) is 0 Å². The molecule has 0 aliphatic rings. The molecule has 0 aliphatic heterocycles. The first-order valence-corrected chi connectivity index (χ1v) is 7.21. The summed E-state index contributed by atoms with van der Waals surface area (Å²) < 4.78 is 20.0. The fraction of sp³-hybridized carbons (Fsp3) is 0.200. The zero-order chi connectivity index (χ0) is 14.7. The second kappa shape index (κ2) is 6.51. The maximum Gasteiger partial charge on any atom is 0.124 e. The Bertz CT molecular complexity index is 619. The molecule has 0 fully saturated rings. The molecule has 0 aromatic heterocycles. The van der Waals surface area contributed by atoms with Crippen molar-refractivity contribution in [3.8, 4) is 5.75 Å². The van der Waals surface area contributed by atoms with E-state index in [1.165, 1.54) is 12.1 Å². The number of benzene rings is 2. The average Bonchev–Trinajstić information content (AvgIpc) is 2.44. The minimum atomic E-state index is -0.326. The summed E-state index contributed by atoms with van der Waals surface area (Å²) in [6, 6.07) is 10.1. The topological polar surface area (TPSA) is 47.3 Å². The fourth-order valence-electron chi connectivity index (χ4n) is 2.17. The number of hydrogen-bond acceptors (Lipinski definition) is 3. The molecule has 0 spiro atoms. The Labute approximate surface area is 131 Å². The Morgan fingerprint density at radius 3 is 2.65 bits per heavy atom. The molecule has 106 valence electrons. The van der Waals surface area contributed by atoms with Crippen LogP contribution in [-0.4, -0.2) is 7.11 Å². The monoisotopic (exact) mass is 386 g/mol. The van der Waals surface area contributed by atoms with Gasteiger partial charge in [-0.3, -0.25) is 5.84 Å². The van der Waals surface area contributed by atoms with E-state index in [9.17, 15) is 4.39 Å². The maximum atomic E-state index is 13.5. The van der Waals surface area contributed by atoms with E-state index < -0.39 is 0 Å². The first kappa shape index (κ1) is 15.2. The normalized spacial score (nSPS) is 12.2. The third kappa shape index (κ3) is 2.94. The number of nitrogens with one attached hydrogen (secondary N) is 1. The SMILES string of the molecule is COc1ccc(F)cc1C(NN)c1cccc(C)c1I. The Kier molecular flexibility index (Phi) is 4.95. The molecule has 0 saturated carbocycles. The number of nitrogens with two attached hydrogens (primary N) is 1. The molecule has 0 bridgehead atoms. The van der Waals surface area contributed by atoms with Gasteiger partial charge in [0.15, 0.2) is 0 Å². The van der Waals surface area contributed by atoms with Crippen molar-refractivity contribution >= 4 is 22.6 Å². The van der Waals surface area contributed by atoms with E-state index in [-0.39, 0.29) is 11.9 Å². The van der Waals surface area contributed by atoms with E-state index in [0.717, 1.165) is 14.7 Å².